The predicted molar refractivity (Wildman–Crippen MR) is 110 cm³/mol. The van der Waals surface area contributed by atoms with Gasteiger partial charge in [-0.2, -0.15) is 26.3 Å². The first kappa shape index (κ1) is 23.9. The van der Waals surface area contributed by atoms with E-state index in [2.05, 4.69) is 20.2 Å². The predicted octanol–water partition coefficient (Wildman–Crippen LogP) is 4.86. The molecule has 8 nitrogen and oxygen atoms in total. The number of rotatable bonds is 4. The maximum absolute atomic E-state index is 13.5. The summed E-state index contributed by atoms with van der Waals surface area (Å²) in [5, 5.41) is 6.74. The fourth-order valence-corrected chi connectivity index (χ4v) is 4.78. The van der Waals surface area contributed by atoms with E-state index in [9.17, 15) is 30.6 Å². The highest BCUT2D eigenvalue weighted by Crippen LogP contribution is 2.37. The summed E-state index contributed by atoms with van der Waals surface area (Å²) in [6.45, 7) is 2.89. The van der Waals surface area contributed by atoms with Crippen LogP contribution < -0.4 is 0 Å². The second-order valence-electron chi connectivity index (χ2n) is 7.41. The second-order valence-corrected chi connectivity index (χ2v) is 9.78. The van der Waals surface area contributed by atoms with Crippen molar-refractivity contribution < 1.29 is 30.6 Å². The van der Waals surface area contributed by atoms with Crippen molar-refractivity contribution in [1.82, 2.24) is 29.3 Å². The third kappa shape index (κ3) is 3.76. The summed E-state index contributed by atoms with van der Waals surface area (Å²) >= 11 is 0. The monoisotopic (exact) mass is 505 g/mol. The molecular formula is C19H17F6N7OS. The molecule has 0 aliphatic carbocycles. The van der Waals surface area contributed by atoms with E-state index in [0.717, 1.165) is 4.57 Å². The van der Waals surface area contributed by atoms with Crippen LogP contribution in [-0.4, -0.2) is 39.3 Å². The number of imidazole rings is 2. The van der Waals surface area contributed by atoms with Gasteiger partial charge in [-0.15, -0.1) is 10.2 Å². The Morgan fingerprint density at radius 2 is 1.65 bits per heavy atom. The van der Waals surface area contributed by atoms with Crippen molar-refractivity contribution in [1.29, 1.82) is 4.78 Å². The maximum Gasteiger partial charge on any atom is 0.449 e. The lowest BCUT2D eigenvalue weighted by Crippen LogP contribution is -2.14. The molecule has 1 aromatic carbocycles. The van der Waals surface area contributed by atoms with Gasteiger partial charge in [0.1, 0.15) is 11.3 Å². The highest BCUT2D eigenvalue weighted by molar-refractivity contribution is 7.92. The van der Waals surface area contributed by atoms with Gasteiger partial charge < -0.3 is 9.13 Å². The molecule has 0 aliphatic rings. The zero-order valence-electron chi connectivity index (χ0n) is 17.9. The van der Waals surface area contributed by atoms with Crippen LogP contribution in [0.2, 0.25) is 0 Å². The maximum atomic E-state index is 13.5. The van der Waals surface area contributed by atoms with Crippen molar-refractivity contribution in [3.05, 3.63) is 29.7 Å². The van der Waals surface area contributed by atoms with Crippen molar-refractivity contribution in [3.63, 3.8) is 0 Å². The number of aryl methyl sites for hydroxylation is 2. The Kier molecular flexibility index (Phi) is 5.38. The van der Waals surface area contributed by atoms with Gasteiger partial charge in [0.25, 0.3) is 0 Å². The van der Waals surface area contributed by atoms with Crippen molar-refractivity contribution >= 4 is 31.9 Å². The molecule has 0 fully saturated rings. The summed E-state index contributed by atoms with van der Waals surface area (Å²) < 4.78 is 103. The second kappa shape index (κ2) is 7.65. The molecule has 0 bridgehead atoms. The van der Waals surface area contributed by atoms with Gasteiger partial charge in [0.05, 0.1) is 25.7 Å². The van der Waals surface area contributed by atoms with Crippen LogP contribution in [0.1, 0.15) is 25.4 Å². The minimum Gasteiger partial charge on any atom is -0.321 e. The van der Waals surface area contributed by atoms with E-state index in [1.165, 1.54) is 37.6 Å². The van der Waals surface area contributed by atoms with E-state index in [1.807, 2.05) is 0 Å². The van der Waals surface area contributed by atoms with Crippen molar-refractivity contribution in [2.24, 2.45) is 7.05 Å². The quantitative estimate of drug-likeness (QED) is 0.399. The molecule has 1 N–H and O–H groups in total. The van der Waals surface area contributed by atoms with Gasteiger partial charge in [0.2, 0.25) is 5.82 Å². The van der Waals surface area contributed by atoms with Gasteiger partial charge in [-0.3, -0.25) is 0 Å². The number of halogens is 6. The van der Waals surface area contributed by atoms with Gasteiger partial charge >= 0.3 is 12.4 Å². The topological polar surface area (TPSA) is 102 Å². The van der Waals surface area contributed by atoms with E-state index in [0.29, 0.717) is 6.07 Å². The zero-order chi connectivity index (χ0) is 25.2. The third-order valence-electron chi connectivity index (χ3n) is 5.33. The molecule has 34 heavy (non-hydrogen) atoms. The smallest absolute Gasteiger partial charge is 0.321 e. The van der Waals surface area contributed by atoms with Crippen molar-refractivity contribution in [2.45, 2.75) is 37.6 Å². The van der Waals surface area contributed by atoms with Crippen LogP contribution in [0.5, 0.6) is 0 Å². The Morgan fingerprint density at radius 1 is 0.971 bits per heavy atom. The van der Waals surface area contributed by atoms with Crippen LogP contribution >= 0.6 is 0 Å². The number of hydrogen-bond acceptors (Lipinski definition) is 6. The first-order chi connectivity index (χ1) is 15.7. The van der Waals surface area contributed by atoms with Crippen LogP contribution in [0.15, 0.2) is 23.1 Å². The first-order valence-electron chi connectivity index (χ1n) is 9.84. The van der Waals surface area contributed by atoms with Crippen LogP contribution in [0.4, 0.5) is 26.3 Å². The molecule has 0 saturated heterocycles. The van der Waals surface area contributed by atoms with Gasteiger partial charge in [-0.05, 0) is 19.1 Å². The molecule has 0 aliphatic heterocycles. The fourth-order valence-electron chi connectivity index (χ4n) is 3.66. The van der Waals surface area contributed by atoms with E-state index < -0.39 is 33.6 Å². The van der Waals surface area contributed by atoms with Crippen LogP contribution in [-0.2, 0) is 35.7 Å². The number of alkyl halides is 6. The van der Waals surface area contributed by atoms with Crippen LogP contribution in [0.3, 0.4) is 0 Å². The van der Waals surface area contributed by atoms with Gasteiger partial charge in [-0.1, -0.05) is 6.92 Å². The lowest BCUT2D eigenvalue weighted by molar-refractivity contribution is -0.146. The Bertz CT molecular complexity index is 1530. The molecule has 1 unspecified atom stereocenters. The largest absolute Gasteiger partial charge is 0.449 e. The third-order valence-corrected chi connectivity index (χ3v) is 7.19. The first-order valence-corrected chi connectivity index (χ1v) is 11.6. The highest BCUT2D eigenvalue weighted by Gasteiger charge is 2.38. The summed E-state index contributed by atoms with van der Waals surface area (Å²) in [5.41, 5.74) is -1.52. The summed E-state index contributed by atoms with van der Waals surface area (Å²) in [4.78, 5) is 7.75. The number of fused-ring (bicyclic) bond motifs is 2. The molecule has 15 heteroatoms. The number of benzene rings is 1. The molecule has 0 spiro atoms. The standard InChI is InChI=1S/C19H17F6N7OS/c1-4-32-12-8-13(34(26,33)5-2)9(6-10(12)28-17(32)19(23,24)25)15-27-11-7-14(18(20,21)22)29-30-16(11)31(15)3/h6-8,26H,4-5H2,1-3H3. The molecular weight excluding hydrogens is 488 g/mol. The molecule has 4 rings (SSSR count). The lowest BCUT2D eigenvalue weighted by atomic mass is 10.2. The number of nitrogens with zero attached hydrogens (tertiary/aromatic N) is 6. The molecule has 0 radical (unpaired) electrons. The van der Waals surface area contributed by atoms with E-state index in [-0.39, 0.29) is 50.8 Å². The molecule has 0 amide bonds. The number of hydrogen-bond donors (Lipinski definition) is 1. The molecule has 182 valence electrons. The Balaban J connectivity index is 2.08. The van der Waals surface area contributed by atoms with Crippen LogP contribution in [0.25, 0.3) is 33.6 Å². The molecule has 1 atom stereocenters. The molecule has 0 saturated carbocycles. The average molecular weight is 505 g/mol. The number of nitrogens with one attached hydrogen (secondary N) is 1. The van der Waals surface area contributed by atoms with Crippen molar-refractivity contribution in [3.8, 4) is 11.4 Å². The molecule has 3 aromatic heterocycles. The van der Waals surface area contributed by atoms with Gasteiger partial charge in [0, 0.05) is 31.0 Å². The summed E-state index contributed by atoms with van der Waals surface area (Å²) in [6, 6.07) is 3.12. The van der Waals surface area contributed by atoms with Gasteiger partial charge in [-0.25, -0.2) is 19.0 Å². The van der Waals surface area contributed by atoms with Crippen LogP contribution in [0, 0.1) is 4.78 Å². The highest BCUT2D eigenvalue weighted by atomic mass is 32.2. The van der Waals surface area contributed by atoms with E-state index in [1.54, 1.807) is 0 Å². The SMILES string of the molecule is CCn1c(C(F)(F)F)nc2cc(-c3nc4cc(C(F)(F)F)nnc4n3C)c(S(=N)(=O)CC)cc21. The minimum absolute atomic E-state index is 0.0119. The van der Waals surface area contributed by atoms with E-state index in [4.69, 9.17) is 4.78 Å². The minimum atomic E-state index is -4.76. The Labute approximate surface area is 188 Å². The average Bonchev–Trinajstić information content (AvgIpc) is 3.29. The number of aromatic nitrogens is 6. The Hall–Kier alpha value is -3.23. The lowest BCUT2D eigenvalue weighted by Gasteiger charge is -2.13. The van der Waals surface area contributed by atoms with Crippen molar-refractivity contribution in [2.75, 3.05) is 5.75 Å². The normalized spacial score (nSPS) is 14.7. The summed E-state index contributed by atoms with van der Waals surface area (Å²) in [6.07, 6.45) is -9.52. The molecule has 3 heterocycles. The zero-order valence-corrected chi connectivity index (χ0v) is 18.7. The molecule has 4 aromatic rings. The van der Waals surface area contributed by atoms with E-state index >= 15 is 0 Å². The Morgan fingerprint density at radius 3 is 2.21 bits per heavy atom. The van der Waals surface area contributed by atoms with Gasteiger partial charge in [0.15, 0.2) is 11.3 Å². The summed E-state index contributed by atoms with van der Waals surface area (Å²) in [5.74, 6) is -1.35. The fraction of sp³-hybridized carbons (Fsp3) is 0.368. The summed E-state index contributed by atoms with van der Waals surface area (Å²) in [7, 11) is -2.08.